The maximum atomic E-state index is 13.2. The monoisotopic (exact) mass is 583 g/mol. The number of rotatable bonds is 7. The summed E-state index contributed by atoms with van der Waals surface area (Å²) in [5, 5.41) is 13.1. The molecule has 2 amide bonds. The largest absolute Gasteiger partial charge is 0.416 e. The quantitative estimate of drug-likeness (QED) is 0.176. The van der Waals surface area contributed by atoms with E-state index >= 15 is 0 Å². The van der Waals surface area contributed by atoms with Crippen molar-refractivity contribution in [3.8, 4) is 5.69 Å². The summed E-state index contributed by atoms with van der Waals surface area (Å²) in [6, 6.07) is 12.9. The van der Waals surface area contributed by atoms with Crippen molar-refractivity contribution in [3.05, 3.63) is 101 Å². The lowest BCUT2D eigenvalue weighted by Crippen LogP contribution is -2.29. The Morgan fingerprint density at radius 2 is 1.48 bits per heavy atom. The highest BCUT2D eigenvalue weighted by molar-refractivity contribution is 7.98. The number of carbonyl (C=O) groups is 1. The fourth-order valence-corrected chi connectivity index (χ4v) is 4.48. The van der Waals surface area contributed by atoms with E-state index in [2.05, 4.69) is 15.5 Å². The number of thioether (sulfide) groups is 1. The summed E-state index contributed by atoms with van der Waals surface area (Å²) in [4.78, 5) is 12.5. The van der Waals surface area contributed by atoms with Gasteiger partial charge in [-0.1, -0.05) is 41.6 Å². The van der Waals surface area contributed by atoms with Gasteiger partial charge in [0.15, 0.2) is 11.0 Å². The van der Waals surface area contributed by atoms with Gasteiger partial charge in [0.05, 0.1) is 17.7 Å². The van der Waals surface area contributed by atoms with E-state index in [1.807, 2.05) is 24.4 Å². The number of alkyl halides is 6. The van der Waals surface area contributed by atoms with Crippen LogP contribution in [0.3, 0.4) is 0 Å². The first-order chi connectivity index (χ1) is 18.8. The molecule has 0 fully saturated rings. The zero-order chi connectivity index (χ0) is 29.1. The van der Waals surface area contributed by atoms with Gasteiger partial charge in [-0.2, -0.15) is 26.3 Å². The number of nitrogens with zero attached hydrogens (tertiary/aromatic N) is 3. The summed E-state index contributed by atoms with van der Waals surface area (Å²) >= 11 is 1.30. The lowest BCUT2D eigenvalue weighted by Gasteiger charge is -2.15. The molecule has 0 atom stereocenters. The molecule has 0 bridgehead atoms. The molecule has 0 saturated carbocycles. The smallest absolute Gasteiger partial charge is 0.331 e. The summed E-state index contributed by atoms with van der Waals surface area (Å²) in [6.45, 7) is 1.64. The Balaban J connectivity index is 1.53. The molecule has 210 valence electrons. The summed E-state index contributed by atoms with van der Waals surface area (Å²) in [5.41, 5.74) is -1.34. The van der Waals surface area contributed by atoms with Crippen molar-refractivity contribution in [2.75, 3.05) is 5.32 Å². The van der Waals surface area contributed by atoms with Crippen molar-refractivity contribution < 1.29 is 35.5 Å². The Morgan fingerprint density at radius 1 is 0.875 bits per heavy atom. The number of amides is 2. The van der Waals surface area contributed by atoms with E-state index in [9.17, 15) is 35.5 Å². The van der Waals surface area contributed by atoms with Crippen molar-refractivity contribution in [3.63, 3.8) is 0 Å². The van der Waals surface area contributed by atoms with Crippen LogP contribution in [-0.4, -0.2) is 20.8 Å². The number of halogens is 7. The Labute approximate surface area is 227 Å². The lowest BCUT2D eigenvalue weighted by atomic mass is 10.1. The van der Waals surface area contributed by atoms with Crippen molar-refractivity contribution in [1.29, 1.82) is 0 Å². The standard InChI is InChI=1S/C26H20F7N5OS/c1-15-2-8-21(9-3-15)38-22(36-37-24(38)40-14-16-4-6-19(27)7-5-16)13-34-23(39)35-20-11-17(25(28,29)30)10-18(12-20)26(31,32)33/h2-12H,13-14H2,1H3,(H2,34,35,39). The van der Waals surface area contributed by atoms with E-state index in [4.69, 9.17) is 0 Å². The van der Waals surface area contributed by atoms with Crippen molar-refractivity contribution in [2.24, 2.45) is 0 Å². The van der Waals surface area contributed by atoms with Gasteiger partial charge in [-0.3, -0.25) is 4.57 Å². The van der Waals surface area contributed by atoms with Crippen LogP contribution in [0.25, 0.3) is 5.69 Å². The molecule has 1 heterocycles. The van der Waals surface area contributed by atoms with E-state index in [-0.39, 0.29) is 24.3 Å². The fraction of sp³-hybridized carbons (Fsp3) is 0.192. The van der Waals surface area contributed by atoms with E-state index in [0.717, 1.165) is 11.1 Å². The topological polar surface area (TPSA) is 71.8 Å². The van der Waals surface area contributed by atoms with Gasteiger partial charge < -0.3 is 10.6 Å². The summed E-state index contributed by atoms with van der Waals surface area (Å²) in [7, 11) is 0. The molecule has 0 aliphatic rings. The lowest BCUT2D eigenvalue weighted by molar-refractivity contribution is -0.143. The van der Waals surface area contributed by atoms with Crippen LogP contribution in [0.2, 0.25) is 0 Å². The third-order valence-corrected chi connectivity index (χ3v) is 6.53. The molecular weight excluding hydrogens is 563 g/mol. The van der Waals surface area contributed by atoms with Crippen molar-refractivity contribution >= 4 is 23.5 Å². The van der Waals surface area contributed by atoms with Crippen LogP contribution in [0.5, 0.6) is 0 Å². The van der Waals surface area contributed by atoms with Gasteiger partial charge in [-0.25, -0.2) is 9.18 Å². The number of urea groups is 1. The van der Waals surface area contributed by atoms with E-state index in [1.165, 1.54) is 23.9 Å². The number of carbonyl (C=O) groups excluding carboxylic acids is 1. The summed E-state index contributed by atoms with van der Waals surface area (Å²) < 4.78 is 93.7. The van der Waals surface area contributed by atoms with Gasteiger partial charge >= 0.3 is 18.4 Å². The minimum Gasteiger partial charge on any atom is -0.331 e. The second-order valence-corrected chi connectivity index (χ2v) is 9.53. The average Bonchev–Trinajstić information content (AvgIpc) is 3.29. The van der Waals surface area contributed by atoms with E-state index in [1.54, 1.807) is 28.8 Å². The molecule has 0 radical (unpaired) electrons. The molecule has 1 aromatic heterocycles. The third kappa shape index (κ3) is 7.31. The van der Waals surface area contributed by atoms with Crippen LogP contribution >= 0.6 is 11.8 Å². The van der Waals surface area contributed by atoms with Crippen LogP contribution in [0.15, 0.2) is 71.9 Å². The first-order valence-electron chi connectivity index (χ1n) is 11.5. The third-order valence-electron chi connectivity index (χ3n) is 5.53. The normalized spacial score (nSPS) is 11.9. The predicted octanol–water partition coefficient (Wildman–Crippen LogP) is 7.37. The molecule has 0 spiro atoms. The molecule has 14 heteroatoms. The predicted molar refractivity (Wildman–Crippen MR) is 134 cm³/mol. The zero-order valence-electron chi connectivity index (χ0n) is 20.6. The van der Waals surface area contributed by atoms with E-state index in [0.29, 0.717) is 28.7 Å². The molecule has 2 N–H and O–H groups in total. The second-order valence-electron chi connectivity index (χ2n) is 8.59. The average molecular weight is 584 g/mol. The van der Waals surface area contributed by atoms with Crippen LogP contribution in [0.4, 0.5) is 41.2 Å². The van der Waals surface area contributed by atoms with Gasteiger partial charge in [-0.15, -0.1) is 10.2 Å². The highest BCUT2D eigenvalue weighted by atomic mass is 32.2. The molecule has 0 aliphatic carbocycles. The number of hydrogen-bond donors (Lipinski definition) is 2. The molecule has 3 aromatic carbocycles. The minimum absolute atomic E-state index is 0.0295. The van der Waals surface area contributed by atoms with Gasteiger partial charge in [0.1, 0.15) is 5.82 Å². The highest BCUT2D eigenvalue weighted by Gasteiger charge is 2.37. The van der Waals surface area contributed by atoms with Gasteiger partial charge in [-0.05, 0) is 55.0 Å². The van der Waals surface area contributed by atoms with Gasteiger partial charge in [0, 0.05) is 17.1 Å². The number of nitrogens with one attached hydrogen (secondary N) is 2. The maximum Gasteiger partial charge on any atom is 0.416 e. The molecule has 0 saturated heterocycles. The Hall–Kier alpha value is -4.07. The molecule has 0 aliphatic heterocycles. The molecule has 40 heavy (non-hydrogen) atoms. The minimum atomic E-state index is -5.05. The molecule has 4 aromatic rings. The zero-order valence-corrected chi connectivity index (χ0v) is 21.4. The van der Waals surface area contributed by atoms with Crippen molar-refractivity contribution in [2.45, 2.75) is 36.7 Å². The summed E-state index contributed by atoms with van der Waals surface area (Å²) in [6.07, 6.45) is -10.1. The number of benzene rings is 3. The first-order valence-corrected chi connectivity index (χ1v) is 12.5. The number of aromatic nitrogens is 3. The molecule has 6 nitrogen and oxygen atoms in total. The van der Waals surface area contributed by atoms with Crippen LogP contribution in [0.1, 0.15) is 28.1 Å². The van der Waals surface area contributed by atoms with Crippen LogP contribution in [-0.2, 0) is 24.7 Å². The second kappa shape index (κ2) is 11.6. The van der Waals surface area contributed by atoms with Crippen molar-refractivity contribution in [1.82, 2.24) is 20.1 Å². The molecule has 4 rings (SSSR count). The Bertz CT molecular complexity index is 1450. The maximum absolute atomic E-state index is 13.2. The Morgan fingerprint density at radius 3 is 2.05 bits per heavy atom. The van der Waals surface area contributed by atoms with Gasteiger partial charge in [0.2, 0.25) is 0 Å². The number of anilines is 1. The van der Waals surface area contributed by atoms with Crippen LogP contribution in [0, 0.1) is 12.7 Å². The fourth-order valence-electron chi connectivity index (χ4n) is 3.55. The first kappa shape index (κ1) is 28.9. The Kier molecular flexibility index (Phi) is 8.37. The van der Waals surface area contributed by atoms with Gasteiger partial charge in [0.25, 0.3) is 0 Å². The summed E-state index contributed by atoms with van der Waals surface area (Å²) in [5.74, 6) is 0.304. The van der Waals surface area contributed by atoms with E-state index < -0.39 is 35.2 Å². The van der Waals surface area contributed by atoms with Crippen LogP contribution < -0.4 is 10.6 Å². The number of hydrogen-bond acceptors (Lipinski definition) is 4. The number of aryl methyl sites for hydroxylation is 1. The highest BCUT2D eigenvalue weighted by Crippen LogP contribution is 2.37. The molecule has 0 unspecified atom stereocenters. The SMILES string of the molecule is Cc1ccc(-n2c(CNC(=O)Nc3cc(C(F)(F)F)cc(C(F)(F)F)c3)nnc2SCc2ccc(F)cc2)cc1. The molecular formula is C26H20F7N5OS.